The van der Waals surface area contributed by atoms with Crippen molar-refractivity contribution in [3.63, 3.8) is 0 Å². The molecule has 3 atom stereocenters. The lowest BCUT2D eigenvalue weighted by Crippen LogP contribution is -2.43. The molecule has 4 fully saturated rings. The van der Waals surface area contributed by atoms with Crippen LogP contribution in [0.2, 0.25) is 0 Å². The predicted octanol–water partition coefficient (Wildman–Crippen LogP) is 3.43. The van der Waals surface area contributed by atoms with E-state index in [1.165, 1.54) is 19.3 Å². The highest BCUT2D eigenvalue weighted by Crippen LogP contribution is 2.58. The van der Waals surface area contributed by atoms with Gasteiger partial charge >= 0.3 is 0 Å². The molecule has 0 N–H and O–H groups in total. The van der Waals surface area contributed by atoms with Crippen molar-refractivity contribution in [3.05, 3.63) is 5.92 Å². The van der Waals surface area contributed by atoms with Gasteiger partial charge in [-0.1, -0.05) is 13.3 Å². The number of hydrogen-bond acceptors (Lipinski definition) is 0. The van der Waals surface area contributed by atoms with E-state index in [0.29, 0.717) is 0 Å². The highest BCUT2D eigenvalue weighted by atomic mass is 14.5. The third kappa shape index (κ3) is 0.900. The molecule has 0 amide bonds. The zero-order chi connectivity index (χ0) is 8.13. The van der Waals surface area contributed by atoms with E-state index in [0.717, 1.165) is 23.7 Å². The van der Waals surface area contributed by atoms with E-state index in [-0.39, 0.29) is 0 Å². The Hall–Kier alpha value is 0. The molecule has 12 heavy (non-hydrogen) atoms. The smallest absolute Gasteiger partial charge is 0.0202 e. The van der Waals surface area contributed by atoms with Crippen LogP contribution < -0.4 is 0 Å². The number of rotatable bonds is 1. The Morgan fingerprint density at radius 3 is 2.25 bits per heavy atom. The number of hydrogen-bond donors (Lipinski definition) is 0. The normalized spacial score (nSPS) is 51.8. The lowest BCUT2D eigenvalue weighted by atomic mass is 9.51. The molecule has 3 unspecified atom stereocenters. The topological polar surface area (TPSA) is 0 Å². The maximum atomic E-state index is 2.39. The Labute approximate surface area is 75.7 Å². The Bertz CT molecular complexity index is 154. The molecule has 4 aliphatic carbocycles. The second-order valence-corrected chi connectivity index (χ2v) is 5.28. The van der Waals surface area contributed by atoms with Crippen LogP contribution in [0.15, 0.2) is 0 Å². The van der Waals surface area contributed by atoms with Crippen LogP contribution in [0.4, 0.5) is 0 Å². The van der Waals surface area contributed by atoms with Crippen LogP contribution in [-0.4, -0.2) is 0 Å². The van der Waals surface area contributed by atoms with Crippen LogP contribution in [0, 0.1) is 29.6 Å². The summed E-state index contributed by atoms with van der Waals surface area (Å²) in [7, 11) is 0. The summed E-state index contributed by atoms with van der Waals surface area (Å²) >= 11 is 0. The van der Waals surface area contributed by atoms with Gasteiger partial charge in [0, 0.05) is 0 Å². The fourth-order valence-electron chi connectivity index (χ4n) is 4.36. The Morgan fingerprint density at radius 1 is 1.08 bits per heavy atom. The van der Waals surface area contributed by atoms with Gasteiger partial charge in [0.1, 0.15) is 0 Å². The minimum Gasteiger partial charge on any atom is -0.0651 e. The van der Waals surface area contributed by atoms with E-state index in [2.05, 4.69) is 6.92 Å². The average Bonchev–Trinajstić information content (AvgIpc) is 2.02. The molecule has 0 aromatic heterocycles. The van der Waals surface area contributed by atoms with Crippen molar-refractivity contribution in [1.29, 1.82) is 0 Å². The molecule has 4 bridgehead atoms. The summed E-state index contributed by atoms with van der Waals surface area (Å²) in [6.07, 6.45) is 9.21. The lowest BCUT2D eigenvalue weighted by Gasteiger charge is -2.54. The van der Waals surface area contributed by atoms with E-state index in [1.54, 1.807) is 19.3 Å². The Kier molecular flexibility index (Phi) is 1.54. The summed E-state index contributed by atoms with van der Waals surface area (Å²) in [5, 5.41) is 0. The maximum Gasteiger partial charge on any atom is -0.0202 e. The molecule has 4 saturated carbocycles. The standard InChI is InChI=1S/C12H19/c1-2-12-10-4-8-3-9(6-10)7-11(12)5-8/h8-10,12H,2-7H2,1H3. The second-order valence-electron chi connectivity index (χ2n) is 5.28. The van der Waals surface area contributed by atoms with Crippen LogP contribution >= 0.6 is 0 Å². The van der Waals surface area contributed by atoms with E-state index in [1.807, 2.05) is 5.92 Å². The maximum absolute atomic E-state index is 2.39. The van der Waals surface area contributed by atoms with E-state index in [9.17, 15) is 0 Å². The molecule has 4 rings (SSSR count). The molecule has 0 aliphatic heterocycles. The monoisotopic (exact) mass is 163 g/mol. The van der Waals surface area contributed by atoms with Crippen LogP contribution in [0.1, 0.15) is 45.4 Å². The van der Waals surface area contributed by atoms with Gasteiger partial charge < -0.3 is 0 Å². The van der Waals surface area contributed by atoms with Gasteiger partial charge in [0.25, 0.3) is 0 Å². The van der Waals surface area contributed by atoms with Crippen molar-refractivity contribution in [2.45, 2.75) is 45.4 Å². The van der Waals surface area contributed by atoms with Crippen molar-refractivity contribution in [3.8, 4) is 0 Å². The van der Waals surface area contributed by atoms with Gasteiger partial charge in [-0.3, -0.25) is 0 Å². The van der Waals surface area contributed by atoms with Crippen LogP contribution in [0.25, 0.3) is 0 Å². The highest BCUT2D eigenvalue weighted by molar-refractivity contribution is 5.12. The van der Waals surface area contributed by atoms with Gasteiger partial charge in [0.05, 0.1) is 0 Å². The molecule has 0 nitrogen and oxygen atoms in total. The van der Waals surface area contributed by atoms with Crippen LogP contribution in [0.5, 0.6) is 0 Å². The van der Waals surface area contributed by atoms with Crippen molar-refractivity contribution < 1.29 is 0 Å². The molecule has 0 saturated heterocycles. The first-order valence-corrected chi connectivity index (χ1v) is 5.71. The van der Waals surface area contributed by atoms with Crippen molar-refractivity contribution in [2.75, 3.05) is 0 Å². The van der Waals surface area contributed by atoms with Gasteiger partial charge in [0.2, 0.25) is 0 Å². The summed E-state index contributed by atoms with van der Waals surface area (Å²) in [5.74, 6) is 6.40. The van der Waals surface area contributed by atoms with Crippen molar-refractivity contribution in [2.24, 2.45) is 23.7 Å². The minimum absolute atomic E-state index is 1.05. The summed E-state index contributed by atoms with van der Waals surface area (Å²) in [4.78, 5) is 0. The molecule has 0 heterocycles. The molecule has 1 radical (unpaired) electrons. The summed E-state index contributed by atoms with van der Waals surface area (Å²) in [5.41, 5.74) is 0. The Morgan fingerprint density at radius 2 is 1.75 bits per heavy atom. The van der Waals surface area contributed by atoms with Gasteiger partial charge in [-0.2, -0.15) is 0 Å². The van der Waals surface area contributed by atoms with Gasteiger partial charge in [-0.05, 0) is 61.7 Å². The molecule has 0 heteroatoms. The fraction of sp³-hybridized carbons (Fsp3) is 0.917. The van der Waals surface area contributed by atoms with E-state index in [4.69, 9.17) is 0 Å². The molecule has 0 spiro atoms. The van der Waals surface area contributed by atoms with Gasteiger partial charge in [-0.25, -0.2) is 0 Å². The summed E-state index contributed by atoms with van der Waals surface area (Å²) in [6.45, 7) is 2.39. The largest absolute Gasteiger partial charge is 0.0651 e. The van der Waals surface area contributed by atoms with Crippen LogP contribution in [0.3, 0.4) is 0 Å². The van der Waals surface area contributed by atoms with Crippen LogP contribution in [-0.2, 0) is 0 Å². The Balaban J connectivity index is 1.86. The zero-order valence-corrected chi connectivity index (χ0v) is 8.05. The molecule has 0 aromatic rings. The first-order valence-electron chi connectivity index (χ1n) is 5.71. The summed E-state index contributed by atoms with van der Waals surface area (Å²) < 4.78 is 0. The molecule has 0 aromatic carbocycles. The van der Waals surface area contributed by atoms with E-state index < -0.39 is 0 Å². The van der Waals surface area contributed by atoms with Gasteiger partial charge in [-0.15, -0.1) is 0 Å². The third-order valence-corrected chi connectivity index (χ3v) is 4.57. The van der Waals surface area contributed by atoms with Crippen molar-refractivity contribution in [1.82, 2.24) is 0 Å². The first-order chi connectivity index (χ1) is 5.86. The van der Waals surface area contributed by atoms with Crippen molar-refractivity contribution >= 4 is 0 Å². The van der Waals surface area contributed by atoms with E-state index >= 15 is 0 Å². The quantitative estimate of drug-likeness (QED) is 0.555. The minimum atomic E-state index is 1.05. The second kappa shape index (κ2) is 2.49. The third-order valence-electron chi connectivity index (χ3n) is 4.57. The zero-order valence-electron chi connectivity index (χ0n) is 8.05. The first kappa shape index (κ1) is 7.41. The fourth-order valence-corrected chi connectivity index (χ4v) is 4.36. The highest BCUT2D eigenvalue weighted by Gasteiger charge is 2.47. The summed E-state index contributed by atoms with van der Waals surface area (Å²) in [6, 6.07) is 0. The van der Waals surface area contributed by atoms with Gasteiger partial charge in [0.15, 0.2) is 0 Å². The molecular formula is C12H19. The molecule has 4 aliphatic rings. The molecular weight excluding hydrogens is 144 g/mol. The average molecular weight is 163 g/mol. The SMILES string of the molecule is CCC1[C]2CC3CC(C2)CC1C3. The lowest BCUT2D eigenvalue weighted by molar-refractivity contribution is 0.0409. The molecule has 67 valence electrons. The predicted molar refractivity (Wildman–Crippen MR) is 50.6 cm³/mol.